The predicted molar refractivity (Wildman–Crippen MR) is 19.6 cm³/mol. The van der Waals surface area contributed by atoms with Crippen LogP contribution in [0.1, 0.15) is 0 Å². The van der Waals surface area contributed by atoms with Gasteiger partial charge in [0.05, 0.1) is 0 Å². The maximum absolute atomic E-state index is 2.74. The molecule has 8 heavy (non-hydrogen) atoms. The van der Waals surface area contributed by atoms with Gasteiger partial charge in [-0.2, -0.15) is 18.3 Å². The van der Waals surface area contributed by atoms with Crippen molar-refractivity contribution < 1.29 is 53.4 Å². The van der Waals surface area contributed by atoms with Crippen LogP contribution in [0.4, 0.5) is 0 Å². The van der Waals surface area contributed by atoms with Crippen LogP contribution in [0, 0.1) is 6.20 Å². The largest absolute Gasteiger partial charge is 3.00 e. The predicted octanol–water partition coefficient (Wildman–Crippen LogP) is -5.18. The van der Waals surface area contributed by atoms with E-state index >= 15 is 0 Å². The van der Waals surface area contributed by atoms with Crippen molar-refractivity contribution in [2.24, 2.45) is 0 Å². The Kier molecular flexibility index (Phi) is 21.5. The Morgan fingerprint density at radius 1 is 1.25 bits per heavy atom. The number of rotatable bonds is 0. The molecule has 47 valence electrons. The Balaban J connectivity index is -0.0000000833. The van der Waals surface area contributed by atoms with Crippen molar-refractivity contribution in [2.75, 3.05) is 0 Å². The maximum Gasteiger partial charge on any atom is 3.00 e. The molecule has 1 heterocycles. The monoisotopic (exact) mass is 326 g/mol. The van der Waals surface area contributed by atoms with Crippen LogP contribution in [-0.2, 0) is 19.5 Å². The van der Waals surface area contributed by atoms with E-state index in [1.54, 1.807) is 0 Å². The normalized spacial score (nSPS) is 5.00. The fourth-order valence-electron chi connectivity index (χ4n) is 0.241. The van der Waals surface area contributed by atoms with Crippen LogP contribution in [0.25, 0.3) is 0 Å². The molecular weight excluding hydrogens is 323 g/mol. The molecule has 0 bridgehead atoms. The van der Waals surface area contributed by atoms with E-state index in [1.807, 2.05) is 18.3 Å². The van der Waals surface area contributed by atoms with Gasteiger partial charge in [-0.1, -0.05) is 0 Å². The second-order valence-corrected chi connectivity index (χ2v) is 0.814. The number of H-pyrrole nitrogens is 1. The third kappa shape index (κ3) is 6.86. The van der Waals surface area contributed by atoms with Crippen LogP contribution in [0.5, 0.6) is 0 Å². The summed E-state index contributed by atoms with van der Waals surface area (Å²) in [6.45, 7) is 0. The molecule has 0 saturated carbocycles. The van der Waals surface area contributed by atoms with Crippen LogP contribution in [0.15, 0.2) is 18.3 Å². The van der Waals surface area contributed by atoms with E-state index < -0.39 is 0 Å². The van der Waals surface area contributed by atoms with Crippen LogP contribution in [0.2, 0.25) is 0 Å². The summed E-state index contributed by atoms with van der Waals surface area (Å²) in [6.07, 6.45) is 4.56. The molecular formula is C4H4Br2NRu. The molecule has 0 aliphatic carbocycles. The molecule has 0 unspecified atom stereocenters. The summed E-state index contributed by atoms with van der Waals surface area (Å²) in [5.74, 6) is 0. The van der Waals surface area contributed by atoms with Crippen molar-refractivity contribution in [3.63, 3.8) is 0 Å². The van der Waals surface area contributed by atoms with Crippen LogP contribution in [0.3, 0.4) is 0 Å². The van der Waals surface area contributed by atoms with Gasteiger partial charge in [-0.3, -0.25) is 0 Å². The number of hydrogen-bond donors (Lipinski definition) is 1. The second kappa shape index (κ2) is 10.8. The number of nitrogens with one attached hydrogen (secondary N) is 1. The molecule has 1 rings (SSSR count). The van der Waals surface area contributed by atoms with Crippen LogP contribution < -0.4 is 34.0 Å². The minimum atomic E-state index is 0. The van der Waals surface area contributed by atoms with E-state index in [0.29, 0.717) is 0 Å². The quantitative estimate of drug-likeness (QED) is 0.362. The van der Waals surface area contributed by atoms with Crippen molar-refractivity contribution in [1.29, 1.82) is 0 Å². The minimum absolute atomic E-state index is 0. The molecule has 0 saturated heterocycles. The zero-order chi connectivity index (χ0) is 3.54. The van der Waals surface area contributed by atoms with Gasteiger partial charge in [0, 0.05) is 0 Å². The average molecular weight is 327 g/mol. The minimum Gasteiger partial charge on any atom is -1.00 e. The van der Waals surface area contributed by atoms with E-state index in [9.17, 15) is 0 Å². The summed E-state index contributed by atoms with van der Waals surface area (Å²) < 4.78 is 0. The zero-order valence-electron chi connectivity index (χ0n) is 3.84. The Hall–Kier alpha value is 0.863. The van der Waals surface area contributed by atoms with E-state index in [0.717, 1.165) is 0 Å². The summed E-state index contributed by atoms with van der Waals surface area (Å²) in [5.41, 5.74) is 0. The van der Waals surface area contributed by atoms with Gasteiger partial charge in [-0.15, -0.1) is 6.20 Å². The first-order valence-electron chi connectivity index (χ1n) is 1.49. The first kappa shape index (κ1) is 15.9. The van der Waals surface area contributed by atoms with Crippen molar-refractivity contribution in [3.05, 3.63) is 24.5 Å². The summed E-state index contributed by atoms with van der Waals surface area (Å²) in [4.78, 5) is 2.74. The molecule has 1 aromatic rings. The van der Waals surface area contributed by atoms with Gasteiger partial charge in [0.25, 0.3) is 0 Å². The standard InChI is InChI=1S/C4H4N.2BrH.Ru/c1-2-4-5-3-1;;;/h1-3,5H;2*1H;/q-1;;;+3/p-2. The Labute approximate surface area is 82.5 Å². The Morgan fingerprint density at radius 3 is 2.00 bits per heavy atom. The first-order valence-corrected chi connectivity index (χ1v) is 1.49. The molecule has 0 aromatic carbocycles. The molecule has 0 aliphatic rings. The van der Waals surface area contributed by atoms with Crippen LogP contribution in [-0.4, -0.2) is 4.98 Å². The number of aromatic amines is 1. The molecule has 0 fully saturated rings. The second-order valence-electron chi connectivity index (χ2n) is 0.814. The summed E-state index contributed by atoms with van der Waals surface area (Å²) in [5, 5.41) is 0. The van der Waals surface area contributed by atoms with Crippen molar-refractivity contribution in [1.82, 2.24) is 4.98 Å². The summed E-state index contributed by atoms with van der Waals surface area (Å²) in [6, 6.07) is 3.71. The van der Waals surface area contributed by atoms with Gasteiger partial charge in [-0.25, -0.2) is 0 Å². The molecule has 0 aliphatic heterocycles. The Morgan fingerprint density at radius 2 is 1.88 bits per heavy atom. The molecule has 4 heteroatoms. The third-order valence-electron chi connectivity index (χ3n) is 0.442. The van der Waals surface area contributed by atoms with Gasteiger partial charge < -0.3 is 38.9 Å². The van der Waals surface area contributed by atoms with Crippen molar-refractivity contribution in [3.8, 4) is 0 Å². The molecule has 1 N–H and O–H groups in total. The smallest absolute Gasteiger partial charge is 1.00 e. The van der Waals surface area contributed by atoms with E-state index in [2.05, 4.69) is 11.2 Å². The first-order chi connectivity index (χ1) is 2.50. The third-order valence-corrected chi connectivity index (χ3v) is 0.442. The SMILES string of the molecule is [Br-].[Br-].[Ru+3].[c-]1ccc[nH]1. The maximum atomic E-state index is 2.74. The van der Waals surface area contributed by atoms with Gasteiger partial charge in [0.15, 0.2) is 0 Å². The molecule has 0 spiro atoms. The molecule has 1 aromatic heterocycles. The number of aromatic nitrogens is 1. The van der Waals surface area contributed by atoms with E-state index in [1.165, 1.54) is 0 Å². The van der Waals surface area contributed by atoms with Gasteiger partial charge in [0.1, 0.15) is 0 Å². The van der Waals surface area contributed by atoms with E-state index in [4.69, 9.17) is 0 Å². The van der Waals surface area contributed by atoms with Crippen molar-refractivity contribution in [2.45, 2.75) is 0 Å². The summed E-state index contributed by atoms with van der Waals surface area (Å²) >= 11 is 0. The number of halogens is 2. The molecule has 0 amide bonds. The molecule has 1 nitrogen and oxygen atoms in total. The molecule has 0 atom stereocenters. The van der Waals surface area contributed by atoms with Gasteiger partial charge in [0.2, 0.25) is 0 Å². The van der Waals surface area contributed by atoms with Crippen molar-refractivity contribution >= 4 is 0 Å². The zero-order valence-corrected chi connectivity index (χ0v) is 8.75. The van der Waals surface area contributed by atoms with Gasteiger partial charge >= 0.3 is 19.5 Å². The summed E-state index contributed by atoms with van der Waals surface area (Å²) in [7, 11) is 0. The van der Waals surface area contributed by atoms with E-state index in [-0.39, 0.29) is 53.4 Å². The van der Waals surface area contributed by atoms with Gasteiger partial charge in [-0.05, 0) is 0 Å². The van der Waals surface area contributed by atoms with Crippen LogP contribution >= 0.6 is 0 Å². The Bertz CT molecular complexity index is 70.5. The fourth-order valence-corrected chi connectivity index (χ4v) is 0.241. The fraction of sp³-hybridized carbons (Fsp3) is 0. The molecule has 1 radical (unpaired) electrons. The average Bonchev–Trinajstić information content (AvgIpc) is 1.76. The topological polar surface area (TPSA) is 15.8 Å². The number of hydrogen-bond acceptors (Lipinski definition) is 0.